The van der Waals surface area contributed by atoms with Gasteiger partial charge in [0, 0.05) is 24.6 Å². The van der Waals surface area contributed by atoms with E-state index in [1.807, 2.05) is 6.92 Å². The summed E-state index contributed by atoms with van der Waals surface area (Å²) in [6.45, 7) is 3.45. The molecular formula is C19H19F2N3O3S. The molecule has 2 N–H and O–H groups in total. The number of aryl methyl sites for hydroxylation is 2. The van der Waals surface area contributed by atoms with E-state index in [0.29, 0.717) is 6.07 Å². The standard InChI is InChI=1S/C19H19F2N3O3S/c1-12-3-5-15(9-13(12)2)28(26,27)23-8-7-19(25)24-18(11-22)16-6-4-14(20)10-17(16)21/h3-6,9-10,18,23H,7-8H2,1-2H3,(H,24,25). The Bertz CT molecular complexity index is 1030. The van der Waals surface area contributed by atoms with Crippen molar-refractivity contribution in [2.24, 2.45) is 0 Å². The van der Waals surface area contributed by atoms with Crippen molar-refractivity contribution in [3.63, 3.8) is 0 Å². The highest BCUT2D eigenvalue weighted by atomic mass is 32.2. The van der Waals surface area contributed by atoms with Crippen LogP contribution in [0.4, 0.5) is 8.78 Å². The van der Waals surface area contributed by atoms with Crippen LogP contribution in [-0.4, -0.2) is 20.9 Å². The second-order valence-corrected chi connectivity index (χ2v) is 7.96. The third-order valence-corrected chi connectivity index (χ3v) is 5.60. The minimum Gasteiger partial charge on any atom is -0.337 e. The average Bonchev–Trinajstić information content (AvgIpc) is 2.62. The summed E-state index contributed by atoms with van der Waals surface area (Å²) in [4.78, 5) is 12.1. The van der Waals surface area contributed by atoms with E-state index in [4.69, 9.17) is 5.26 Å². The number of nitrogens with one attached hydrogen (secondary N) is 2. The number of nitrogens with zero attached hydrogens (tertiary/aromatic N) is 1. The zero-order valence-electron chi connectivity index (χ0n) is 15.3. The normalized spacial score (nSPS) is 12.2. The number of halogens is 2. The second-order valence-electron chi connectivity index (χ2n) is 6.19. The average molecular weight is 407 g/mol. The highest BCUT2D eigenvalue weighted by Gasteiger charge is 2.19. The highest BCUT2D eigenvalue weighted by molar-refractivity contribution is 7.89. The largest absolute Gasteiger partial charge is 0.337 e. The van der Waals surface area contributed by atoms with Crippen LogP contribution in [0.15, 0.2) is 41.3 Å². The Balaban J connectivity index is 1.96. The van der Waals surface area contributed by atoms with Crippen LogP contribution >= 0.6 is 0 Å². The lowest BCUT2D eigenvalue weighted by Crippen LogP contribution is -2.32. The van der Waals surface area contributed by atoms with Crippen molar-refractivity contribution in [1.82, 2.24) is 10.0 Å². The fourth-order valence-electron chi connectivity index (χ4n) is 2.41. The van der Waals surface area contributed by atoms with Crippen molar-refractivity contribution in [3.8, 4) is 6.07 Å². The van der Waals surface area contributed by atoms with Crippen LogP contribution in [0, 0.1) is 36.8 Å². The number of amides is 1. The molecule has 2 aromatic rings. The van der Waals surface area contributed by atoms with Crippen LogP contribution in [0.1, 0.15) is 29.2 Å². The van der Waals surface area contributed by atoms with E-state index >= 15 is 0 Å². The van der Waals surface area contributed by atoms with E-state index in [1.165, 1.54) is 12.1 Å². The number of hydrogen-bond donors (Lipinski definition) is 2. The van der Waals surface area contributed by atoms with Gasteiger partial charge in [-0.3, -0.25) is 4.79 Å². The summed E-state index contributed by atoms with van der Waals surface area (Å²) in [6, 6.07) is 7.75. The van der Waals surface area contributed by atoms with Gasteiger partial charge in [0.25, 0.3) is 0 Å². The van der Waals surface area contributed by atoms with Gasteiger partial charge in [0.15, 0.2) is 0 Å². The molecule has 9 heteroatoms. The van der Waals surface area contributed by atoms with Gasteiger partial charge in [0.1, 0.15) is 17.7 Å². The number of nitriles is 1. The molecule has 1 amide bonds. The quantitative estimate of drug-likeness (QED) is 0.737. The summed E-state index contributed by atoms with van der Waals surface area (Å²) in [6.07, 6.45) is -0.259. The molecule has 6 nitrogen and oxygen atoms in total. The summed E-state index contributed by atoms with van der Waals surface area (Å²) < 4.78 is 53.6. The van der Waals surface area contributed by atoms with Crippen LogP contribution in [0.5, 0.6) is 0 Å². The molecule has 0 spiro atoms. The number of sulfonamides is 1. The fraction of sp³-hybridized carbons (Fsp3) is 0.263. The third kappa shape index (κ3) is 5.34. The maximum atomic E-state index is 13.8. The number of benzene rings is 2. The van der Waals surface area contributed by atoms with Crippen molar-refractivity contribution in [1.29, 1.82) is 5.26 Å². The van der Waals surface area contributed by atoms with Gasteiger partial charge >= 0.3 is 0 Å². The predicted octanol–water partition coefficient (Wildman–Crippen LogP) is 2.63. The smallest absolute Gasteiger partial charge is 0.240 e. The van der Waals surface area contributed by atoms with E-state index in [0.717, 1.165) is 23.3 Å². The number of rotatable bonds is 7. The molecule has 0 aliphatic carbocycles. The first kappa shape index (κ1) is 21.5. The van der Waals surface area contributed by atoms with E-state index < -0.39 is 33.6 Å². The maximum Gasteiger partial charge on any atom is 0.240 e. The molecule has 0 aliphatic rings. The molecule has 2 rings (SSSR count). The first-order chi connectivity index (χ1) is 13.1. The SMILES string of the molecule is Cc1ccc(S(=O)(=O)NCCC(=O)NC(C#N)c2ccc(F)cc2F)cc1C. The Labute approximate surface area is 162 Å². The molecule has 1 atom stereocenters. The van der Waals surface area contributed by atoms with Gasteiger partial charge in [0.05, 0.1) is 11.0 Å². The van der Waals surface area contributed by atoms with Crippen LogP contribution in [-0.2, 0) is 14.8 Å². The number of hydrogen-bond acceptors (Lipinski definition) is 4. The van der Waals surface area contributed by atoms with Crippen LogP contribution in [0.25, 0.3) is 0 Å². The van der Waals surface area contributed by atoms with Crippen molar-refractivity contribution < 1.29 is 22.0 Å². The molecule has 0 saturated heterocycles. The molecule has 0 aromatic heterocycles. The van der Waals surface area contributed by atoms with E-state index in [2.05, 4.69) is 10.0 Å². The summed E-state index contributed by atoms with van der Waals surface area (Å²) in [5.41, 5.74) is 1.60. The molecule has 0 radical (unpaired) electrons. The van der Waals surface area contributed by atoms with Gasteiger partial charge in [-0.15, -0.1) is 0 Å². The molecule has 0 aliphatic heterocycles. The first-order valence-electron chi connectivity index (χ1n) is 8.35. The summed E-state index contributed by atoms with van der Waals surface area (Å²) in [7, 11) is -3.79. The second kappa shape index (κ2) is 8.91. The summed E-state index contributed by atoms with van der Waals surface area (Å²) in [5.74, 6) is -2.41. The number of carbonyl (C=O) groups is 1. The van der Waals surface area contributed by atoms with Crippen molar-refractivity contribution in [2.45, 2.75) is 31.2 Å². The zero-order chi connectivity index (χ0) is 20.9. The Morgan fingerprint density at radius 2 is 1.86 bits per heavy atom. The zero-order valence-corrected chi connectivity index (χ0v) is 16.1. The fourth-order valence-corrected chi connectivity index (χ4v) is 3.53. The van der Waals surface area contributed by atoms with Crippen molar-refractivity contribution in [2.75, 3.05) is 6.54 Å². The lowest BCUT2D eigenvalue weighted by Gasteiger charge is -2.13. The van der Waals surface area contributed by atoms with Gasteiger partial charge in [0.2, 0.25) is 15.9 Å². The van der Waals surface area contributed by atoms with Crippen LogP contribution in [0.2, 0.25) is 0 Å². The summed E-state index contributed by atoms with van der Waals surface area (Å²) >= 11 is 0. The van der Waals surface area contributed by atoms with Gasteiger partial charge in [-0.2, -0.15) is 5.26 Å². The molecule has 0 bridgehead atoms. The van der Waals surface area contributed by atoms with Gasteiger partial charge < -0.3 is 5.32 Å². The maximum absolute atomic E-state index is 13.8. The molecule has 0 saturated carbocycles. The minimum atomic E-state index is -3.79. The highest BCUT2D eigenvalue weighted by Crippen LogP contribution is 2.18. The van der Waals surface area contributed by atoms with E-state index in [-0.39, 0.29) is 23.4 Å². The van der Waals surface area contributed by atoms with E-state index in [9.17, 15) is 22.0 Å². The summed E-state index contributed by atoms with van der Waals surface area (Å²) in [5, 5.41) is 11.4. The van der Waals surface area contributed by atoms with Gasteiger partial charge in [-0.25, -0.2) is 21.9 Å². The van der Waals surface area contributed by atoms with Crippen LogP contribution in [0.3, 0.4) is 0 Å². The predicted molar refractivity (Wildman–Crippen MR) is 98.6 cm³/mol. The molecule has 148 valence electrons. The first-order valence-corrected chi connectivity index (χ1v) is 9.83. The van der Waals surface area contributed by atoms with Crippen molar-refractivity contribution >= 4 is 15.9 Å². The molecule has 28 heavy (non-hydrogen) atoms. The monoisotopic (exact) mass is 407 g/mol. The Hall–Kier alpha value is -2.83. The van der Waals surface area contributed by atoms with Gasteiger partial charge in [-0.05, 0) is 43.2 Å². The Morgan fingerprint density at radius 1 is 1.14 bits per heavy atom. The lowest BCUT2D eigenvalue weighted by atomic mass is 10.1. The molecule has 2 aromatic carbocycles. The molecule has 0 fully saturated rings. The Kier molecular flexibility index (Phi) is 6.83. The topological polar surface area (TPSA) is 99.1 Å². The lowest BCUT2D eigenvalue weighted by molar-refractivity contribution is -0.121. The minimum absolute atomic E-state index is 0.0827. The Morgan fingerprint density at radius 3 is 2.46 bits per heavy atom. The van der Waals surface area contributed by atoms with Crippen LogP contribution < -0.4 is 10.0 Å². The van der Waals surface area contributed by atoms with E-state index in [1.54, 1.807) is 19.1 Å². The van der Waals surface area contributed by atoms with Crippen molar-refractivity contribution in [3.05, 3.63) is 64.7 Å². The molecule has 1 unspecified atom stereocenters. The number of carbonyl (C=O) groups excluding carboxylic acids is 1. The van der Waals surface area contributed by atoms with Gasteiger partial charge in [-0.1, -0.05) is 12.1 Å². The third-order valence-electron chi connectivity index (χ3n) is 4.14. The molecule has 0 heterocycles. The molecular weight excluding hydrogens is 388 g/mol.